The van der Waals surface area contributed by atoms with Crippen molar-refractivity contribution in [2.45, 2.75) is 282 Å². The first kappa shape index (κ1) is 66.1. The molecule has 1 fully saturated rings. The van der Waals surface area contributed by atoms with Crippen molar-refractivity contribution in [3.05, 3.63) is 48.6 Å². The van der Waals surface area contributed by atoms with Crippen LogP contribution < -0.4 is 0 Å². The van der Waals surface area contributed by atoms with Gasteiger partial charge in [-0.1, -0.05) is 236 Å². The summed E-state index contributed by atoms with van der Waals surface area (Å²) in [6.45, 7) is 3.88. The van der Waals surface area contributed by atoms with Crippen LogP contribution in [0.5, 0.6) is 0 Å². The van der Waals surface area contributed by atoms with Crippen molar-refractivity contribution in [2.75, 3.05) is 26.4 Å². The van der Waals surface area contributed by atoms with Gasteiger partial charge in [0.2, 0.25) is 0 Å². The van der Waals surface area contributed by atoms with E-state index in [1.54, 1.807) is 0 Å². The molecule has 4 N–H and O–H groups in total. The van der Waals surface area contributed by atoms with Crippen molar-refractivity contribution in [1.82, 2.24) is 0 Å². The van der Waals surface area contributed by atoms with Crippen LogP contribution >= 0.6 is 0 Å². The van der Waals surface area contributed by atoms with E-state index in [0.717, 1.165) is 83.5 Å². The zero-order valence-electron chi connectivity index (χ0n) is 44.3. The van der Waals surface area contributed by atoms with E-state index in [9.17, 15) is 33.1 Å². The molecular weight excluding hydrogens is 909 g/mol. The molecule has 12 nitrogen and oxygen atoms in total. The normalized spacial score (nSPS) is 19.4. The molecule has 0 radical (unpaired) electrons. The zero-order chi connectivity index (χ0) is 51.0. The van der Waals surface area contributed by atoms with Gasteiger partial charge in [0.1, 0.15) is 30.5 Å². The Morgan fingerprint density at radius 3 is 1.44 bits per heavy atom. The summed E-state index contributed by atoms with van der Waals surface area (Å²) in [7, 11) is -5.07. The van der Waals surface area contributed by atoms with Gasteiger partial charge in [-0.2, -0.15) is 8.42 Å². The summed E-state index contributed by atoms with van der Waals surface area (Å²) in [5.74, 6) is -0.402. The summed E-state index contributed by atoms with van der Waals surface area (Å²) < 4.78 is 59.4. The monoisotopic (exact) mass is 1010 g/mol. The summed E-state index contributed by atoms with van der Waals surface area (Å²) in [5.41, 5.74) is 0. The smallest absolute Gasteiger partial charge is 0.397 e. The fourth-order valence-corrected chi connectivity index (χ4v) is 9.23. The molecule has 0 aromatic carbocycles. The van der Waals surface area contributed by atoms with E-state index in [1.807, 2.05) is 0 Å². The average Bonchev–Trinajstić information content (AvgIpc) is 3.34. The maximum Gasteiger partial charge on any atom is 0.397 e. The highest BCUT2D eigenvalue weighted by molar-refractivity contribution is 7.80. The molecule has 13 heteroatoms. The molecule has 1 rings (SSSR count). The maximum absolute atomic E-state index is 13.0. The van der Waals surface area contributed by atoms with Crippen molar-refractivity contribution in [1.29, 1.82) is 0 Å². The molecule has 1 aliphatic heterocycles. The fourth-order valence-electron chi connectivity index (χ4n) is 8.73. The van der Waals surface area contributed by atoms with Crippen molar-refractivity contribution < 1.29 is 56.2 Å². The van der Waals surface area contributed by atoms with Gasteiger partial charge >= 0.3 is 16.4 Å². The Labute approximate surface area is 427 Å². The molecule has 6 atom stereocenters. The lowest BCUT2D eigenvalue weighted by Gasteiger charge is -2.41. The minimum absolute atomic E-state index is 0.0247. The third-order valence-corrected chi connectivity index (χ3v) is 13.4. The van der Waals surface area contributed by atoms with E-state index < -0.39 is 59.8 Å². The number of unbranched alkanes of at least 4 members (excludes halogenated alkanes) is 29. The number of allylic oxidation sites excluding steroid dienone is 8. The lowest BCUT2D eigenvalue weighted by Crippen LogP contribution is -2.60. The highest BCUT2D eigenvalue weighted by Crippen LogP contribution is 2.26. The number of ether oxygens (including phenoxy) is 4. The predicted octanol–water partition coefficient (Wildman–Crippen LogP) is 13.9. The van der Waals surface area contributed by atoms with Crippen LogP contribution in [-0.4, -0.2) is 97.5 Å². The van der Waals surface area contributed by atoms with E-state index in [4.69, 9.17) is 18.9 Å². The van der Waals surface area contributed by atoms with Gasteiger partial charge in [-0.3, -0.25) is 9.35 Å². The molecule has 6 unspecified atom stereocenters. The van der Waals surface area contributed by atoms with Gasteiger partial charge in [-0.05, 0) is 51.4 Å². The molecule has 0 aromatic rings. The standard InChI is InChI=1S/C57H104O12S/c1-3-5-7-9-11-13-15-17-19-21-23-24-25-26-27-28-29-30-32-34-36-38-40-42-44-46-53(59)67-51(50-66-57-55(61)56(69-70(62,63)64)54(60)52(48-58)68-57)49-65-47-45-43-41-39-37-35-33-31-22-20-18-16-14-12-10-8-6-4-2/h6,8,12,14,18,20,31,33,51-52,54-58,60-61H,3-5,7,9-11,13,15-17,19,21-30,32,34-50H2,1-2H3,(H,62,63,64)/b8-6-,14-12-,20-18-,33-31-. The molecule has 0 bridgehead atoms. The van der Waals surface area contributed by atoms with Crippen LogP contribution in [0.4, 0.5) is 0 Å². The molecular formula is C57H104O12S. The average molecular weight is 1010 g/mol. The molecule has 0 amide bonds. The van der Waals surface area contributed by atoms with E-state index in [-0.39, 0.29) is 19.6 Å². The number of hydrogen-bond donors (Lipinski definition) is 4. The zero-order valence-corrected chi connectivity index (χ0v) is 45.1. The number of carbonyl (C=O) groups is 1. The third-order valence-electron chi connectivity index (χ3n) is 13.0. The van der Waals surface area contributed by atoms with Gasteiger partial charge in [0.15, 0.2) is 6.29 Å². The lowest BCUT2D eigenvalue weighted by molar-refractivity contribution is -0.301. The topological polar surface area (TPSA) is 178 Å². The second-order valence-corrected chi connectivity index (χ2v) is 20.6. The first-order chi connectivity index (χ1) is 34.1. The molecule has 1 saturated heterocycles. The van der Waals surface area contributed by atoms with E-state index in [1.165, 1.54) is 135 Å². The van der Waals surface area contributed by atoms with Crippen LogP contribution in [-0.2, 0) is 38.3 Å². The molecule has 1 aliphatic rings. The molecule has 0 aromatic heterocycles. The number of esters is 1. The molecule has 0 spiro atoms. The Morgan fingerprint density at radius 2 is 0.986 bits per heavy atom. The Kier molecular flexibility index (Phi) is 45.3. The van der Waals surface area contributed by atoms with Gasteiger partial charge in [0, 0.05) is 13.0 Å². The van der Waals surface area contributed by atoms with Gasteiger partial charge < -0.3 is 34.3 Å². The molecule has 410 valence electrons. The quantitative estimate of drug-likeness (QED) is 0.0196. The Hall–Kier alpha value is -1.94. The Balaban J connectivity index is 2.29. The molecule has 1 heterocycles. The second kappa shape index (κ2) is 48.0. The highest BCUT2D eigenvalue weighted by Gasteiger charge is 2.48. The first-order valence-electron chi connectivity index (χ1n) is 28.4. The van der Waals surface area contributed by atoms with Crippen molar-refractivity contribution >= 4 is 16.4 Å². The van der Waals surface area contributed by atoms with Crippen LogP contribution in [0.1, 0.15) is 245 Å². The summed E-state index contributed by atoms with van der Waals surface area (Å²) in [5, 5.41) is 30.8. The molecule has 0 saturated carbocycles. The largest absolute Gasteiger partial charge is 0.457 e. The summed E-state index contributed by atoms with van der Waals surface area (Å²) >= 11 is 0. The Morgan fingerprint density at radius 1 is 0.557 bits per heavy atom. The van der Waals surface area contributed by atoms with Gasteiger partial charge in [0.25, 0.3) is 0 Å². The van der Waals surface area contributed by atoms with Crippen molar-refractivity contribution in [3.63, 3.8) is 0 Å². The fraction of sp³-hybridized carbons (Fsp3) is 0.842. The van der Waals surface area contributed by atoms with Crippen molar-refractivity contribution in [2.24, 2.45) is 0 Å². The van der Waals surface area contributed by atoms with Gasteiger partial charge in [-0.15, -0.1) is 0 Å². The Bertz CT molecular complexity index is 1400. The van der Waals surface area contributed by atoms with Crippen LogP contribution in [0.15, 0.2) is 48.6 Å². The molecule has 0 aliphatic carbocycles. The third kappa shape index (κ3) is 40.5. The highest BCUT2D eigenvalue weighted by atomic mass is 32.3. The summed E-state index contributed by atoms with van der Waals surface area (Å²) in [6, 6.07) is 0. The summed E-state index contributed by atoms with van der Waals surface area (Å²) in [6.07, 6.45) is 51.6. The van der Waals surface area contributed by atoms with Crippen LogP contribution in [0.2, 0.25) is 0 Å². The van der Waals surface area contributed by atoms with Gasteiger partial charge in [-0.25, -0.2) is 4.18 Å². The van der Waals surface area contributed by atoms with Crippen molar-refractivity contribution in [3.8, 4) is 0 Å². The number of carbonyl (C=O) groups excluding carboxylic acids is 1. The summed E-state index contributed by atoms with van der Waals surface area (Å²) in [4.78, 5) is 13.0. The second-order valence-electron chi connectivity index (χ2n) is 19.5. The van der Waals surface area contributed by atoms with Crippen LogP contribution in [0.3, 0.4) is 0 Å². The lowest BCUT2D eigenvalue weighted by atomic mass is 9.99. The maximum atomic E-state index is 13.0. The van der Waals surface area contributed by atoms with Crippen LogP contribution in [0, 0.1) is 0 Å². The van der Waals surface area contributed by atoms with E-state index in [2.05, 4.69) is 66.6 Å². The predicted molar refractivity (Wildman–Crippen MR) is 285 cm³/mol. The first-order valence-corrected chi connectivity index (χ1v) is 29.8. The van der Waals surface area contributed by atoms with E-state index >= 15 is 0 Å². The number of rotatable bonds is 50. The minimum atomic E-state index is -5.07. The minimum Gasteiger partial charge on any atom is -0.457 e. The van der Waals surface area contributed by atoms with Gasteiger partial charge in [0.05, 0.1) is 19.8 Å². The SMILES string of the molecule is CC/C=C\C/C=C\C/C=C\C/C=C\CCCCCCCOCC(COC1OC(CO)C(O)C(OS(=O)(=O)O)C1O)OC(=O)CCCCCCCCCCCCCCCCCCCCCCCCCCC. The molecule has 70 heavy (non-hydrogen) atoms. The number of aliphatic hydroxyl groups excluding tert-OH is 3. The van der Waals surface area contributed by atoms with E-state index in [0.29, 0.717) is 13.0 Å². The number of aliphatic hydroxyl groups is 3. The van der Waals surface area contributed by atoms with Crippen LogP contribution in [0.25, 0.3) is 0 Å². The number of hydrogen-bond acceptors (Lipinski definition) is 11.